The summed E-state index contributed by atoms with van der Waals surface area (Å²) in [5.74, 6) is 0. The highest BCUT2D eigenvalue weighted by Gasteiger charge is 2.14. The summed E-state index contributed by atoms with van der Waals surface area (Å²) >= 11 is 1.82. The van der Waals surface area contributed by atoms with Crippen molar-refractivity contribution >= 4 is 11.3 Å². The molecule has 0 aromatic carbocycles. The van der Waals surface area contributed by atoms with Gasteiger partial charge in [0.15, 0.2) is 0 Å². The summed E-state index contributed by atoms with van der Waals surface area (Å²) in [5, 5.41) is 7.14. The molecule has 0 unspecified atom stereocenters. The number of nitrogens with one attached hydrogen (secondary N) is 1. The minimum Gasteiger partial charge on any atom is -0.308 e. The number of hydrogen-bond acceptors (Lipinski definition) is 4. The molecule has 1 fully saturated rings. The molecule has 0 spiro atoms. The highest BCUT2D eigenvalue weighted by Crippen LogP contribution is 2.18. The number of likely N-dealkylation sites (N-methyl/N-ethyl adjacent to an activating group) is 1. The first-order valence-electron chi connectivity index (χ1n) is 7.70. The van der Waals surface area contributed by atoms with Gasteiger partial charge in [0.05, 0.1) is 10.7 Å². The molecular weight excluding hydrogens is 254 g/mol. The van der Waals surface area contributed by atoms with Crippen molar-refractivity contribution < 1.29 is 0 Å². The summed E-state index contributed by atoms with van der Waals surface area (Å²) in [5.41, 5.74) is 1.23. The molecule has 19 heavy (non-hydrogen) atoms. The van der Waals surface area contributed by atoms with Gasteiger partial charge in [-0.05, 0) is 25.9 Å². The Kier molecular flexibility index (Phi) is 6.28. The highest BCUT2D eigenvalue weighted by atomic mass is 32.1. The minimum absolute atomic E-state index is 0.737. The molecule has 4 heteroatoms. The van der Waals surface area contributed by atoms with Crippen LogP contribution in [0, 0.1) is 0 Å². The molecule has 1 N–H and O–H groups in total. The fourth-order valence-corrected chi connectivity index (χ4v) is 3.50. The van der Waals surface area contributed by atoms with Crippen molar-refractivity contribution in [2.45, 2.75) is 58.5 Å². The third kappa shape index (κ3) is 4.86. The molecule has 0 aliphatic heterocycles. The second-order valence-corrected chi connectivity index (χ2v) is 6.31. The molecule has 1 aliphatic carbocycles. The van der Waals surface area contributed by atoms with Crippen molar-refractivity contribution in [1.29, 1.82) is 0 Å². The van der Waals surface area contributed by atoms with E-state index in [1.54, 1.807) is 0 Å². The van der Waals surface area contributed by atoms with Crippen molar-refractivity contribution in [3.8, 4) is 0 Å². The zero-order valence-corrected chi connectivity index (χ0v) is 13.1. The quantitative estimate of drug-likeness (QED) is 0.794. The van der Waals surface area contributed by atoms with Gasteiger partial charge in [-0.15, -0.1) is 11.3 Å². The molecule has 1 aromatic heterocycles. The fourth-order valence-electron chi connectivity index (χ4n) is 2.72. The molecule has 1 saturated carbocycles. The number of thiazole rings is 1. The minimum atomic E-state index is 0.737. The van der Waals surface area contributed by atoms with E-state index in [-0.39, 0.29) is 0 Å². The first-order chi connectivity index (χ1) is 9.31. The molecule has 1 aromatic rings. The van der Waals surface area contributed by atoms with E-state index in [1.165, 1.54) is 36.4 Å². The largest absolute Gasteiger partial charge is 0.308 e. The van der Waals surface area contributed by atoms with Crippen LogP contribution >= 0.6 is 11.3 Å². The number of aromatic nitrogens is 1. The topological polar surface area (TPSA) is 28.2 Å². The fraction of sp³-hybridized carbons (Fsp3) is 0.800. The van der Waals surface area contributed by atoms with Crippen molar-refractivity contribution in [1.82, 2.24) is 15.2 Å². The van der Waals surface area contributed by atoms with Crippen molar-refractivity contribution in [2.75, 3.05) is 19.6 Å². The predicted molar refractivity (Wildman–Crippen MR) is 82.7 cm³/mol. The molecule has 2 rings (SSSR count). The van der Waals surface area contributed by atoms with Crippen LogP contribution in [0.25, 0.3) is 0 Å². The molecule has 1 aliphatic rings. The third-order valence-corrected chi connectivity index (χ3v) is 5.02. The zero-order chi connectivity index (χ0) is 13.5. The van der Waals surface area contributed by atoms with Crippen LogP contribution in [0.15, 0.2) is 5.38 Å². The maximum atomic E-state index is 4.74. The first kappa shape index (κ1) is 14.9. The molecule has 1 heterocycles. The van der Waals surface area contributed by atoms with Gasteiger partial charge >= 0.3 is 0 Å². The van der Waals surface area contributed by atoms with Crippen LogP contribution in [0.2, 0.25) is 0 Å². The normalized spacial score (nSPS) is 16.6. The van der Waals surface area contributed by atoms with Crippen LogP contribution in [-0.2, 0) is 13.0 Å². The molecule has 0 bridgehead atoms. The van der Waals surface area contributed by atoms with Gasteiger partial charge in [0.2, 0.25) is 0 Å². The lowest BCUT2D eigenvalue weighted by Crippen LogP contribution is -2.26. The number of nitrogens with zero attached hydrogens (tertiary/aromatic N) is 2. The van der Waals surface area contributed by atoms with E-state index in [9.17, 15) is 0 Å². The third-order valence-electron chi connectivity index (χ3n) is 4.06. The summed E-state index contributed by atoms with van der Waals surface area (Å²) in [4.78, 5) is 7.20. The van der Waals surface area contributed by atoms with E-state index in [2.05, 4.69) is 29.4 Å². The summed E-state index contributed by atoms with van der Waals surface area (Å²) in [6.07, 6.45) is 6.57. The Hall–Kier alpha value is -0.450. The Bertz CT molecular complexity index is 334. The second-order valence-electron chi connectivity index (χ2n) is 5.37. The van der Waals surface area contributed by atoms with Gasteiger partial charge in [-0.25, -0.2) is 4.98 Å². The molecule has 3 nitrogen and oxygen atoms in total. The van der Waals surface area contributed by atoms with Crippen LogP contribution in [0.5, 0.6) is 0 Å². The Morgan fingerprint density at radius 1 is 1.32 bits per heavy atom. The monoisotopic (exact) mass is 281 g/mol. The zero-order valence-electron chi connectivity index (χ0n) is 12.3. The SMILES string of the molecule is CCN(CC)CCc1nc(CNC2CCCC2)cs1. The number of rotatable bonds is 8. The van der Waals surface area contributed by atoms with Crippen LogP contribution < -0.4 is 5.32 Å². The van der Waals surface area contributed by atoms with Crippen molar-refractivity contribution in [3.05, 3.63) is 16.1 Å². The van der Waals surface area contributed by atoms with Crippen LogP contribution in [-0.4, -0.2) is 35.6 Å². The molecule has 0 radical (unpaired) electrons. The maximum absolute atomic E-state index is 4.74. The lowest BCUT2D eigenvalue weighted by Gasteiger charge is -2.16. The van der Waals surface area contributed by atoms with Gasteiger partial charge in [-0.2, -0.15) is 0 Å². The average molecular weight is 281 g/mol. The molecular formula is C15H27N3S. The Balaban J connectivity index is 1.71. The number of hydrogen-bond donors (Lipinski definition) is 1. The van der Waals surface area contributed by atoms with Crippen molar-refractivity contribution in [2.24, 2.45) is 0 Å². The maximum Gasteiger partial charge on any atom is 0.0941 e. The Labute approximate surface area is 121 Å². The van der Waals surface area contributed by atoms with Crippen LogP contribution in [0.4, 0.5) is 0 Å². The average Bonchev–Trinajstić information content (AvgIpc) is 3.09. The molecule has 0 atom stereocenters. The van der Waals surface area contributed by atoms with Gasteiger partial charge < -0.3 is 10.2 Å². The van der Waals surface area contributed by atoms with Crippen LogP contribution in [0.3, 0.4) is 0 Å². The Morgan fingerprint density at radius 3 is 2.74 bits per heavy atom. The van der Waals surface area contributed by atoms with Gasteiger partial charge in [-0.3, -0.25) is 0 Å². The highest BCUT2D eigenvalue weighted by molar-refractivity contribution is 7.09. The molecule has 108 valence electrons. The van der Waals surface area contributed by atoms with Crippen molar-refractivity contribution in [3.63, 3.8) is 0 Å². The molecule has 0 amide bonds. The predicted octanol–water partition coefficient (Wildman–Crippen LogP) is 3.06. The van der Waals surface area contributed by atoms with Gasteiger partial charge in [0.1, 0.15) is 0 Å². The van der Waals surface area contributed by atoms with E-state index >= 15 is 0 Å². The van der Waals surface area contributed by atoms with Gasteiger partial charge in [-0.1, -0.05) is 26.7 Å². The van der Waals surface area contributed by atoms with E-state index in [0.717, 1.165) is 38.6 Å². The summed E-state index contributed by atoms with van der Waals surface area (Å²) in [6.45, 7) is 8.81. The second kappa shape index (κ2) is 7.98. The Morgan fingerprint density at radius 2 is 2.05 bits per heavy atom. The summed E-state index contributed by atoms with van der Waals surface area (Å²) in [7, 11) is 0. The van der Waals surface area contributed by atoms with E-state index in [1.807, 2.05) is 11.3 Å². The van der Waals surface area contributed by atoms with Gasteiger partial charge in [0.25, 0.3) is 0 Å². The smallest absolute Gasteiger partial charge is 0.0941 e. The van der Waals surface area contributed by atoms with Gasteiger partial charge in [0, 0.05) is 30.9 Å². The van der Waals surface area contributed by atoms with E-state index in [0.29, 0.717) is 0 Å². The summed E-state index contributed by atoms with van der Waals surface area (Å²) < 4.78 is 0. The van der Waals surface area contributed by atoms with Crippen LogP contribution in [0.1, 0.15) is 50.2 Å². The summed E-state index contributed by atoms with van der Waals surface area (Å²) in [6, 6.07) is 0.737. The standard InChI is InChI=1S/C15H27N3S/c1-3-18(4-2)10-9-15-17-14(12-19-15)11-16-13-7-5-6-8-13/h12-13,16H,3-11H2,1-2H3. The lowest BCUT2D eigenvalue weighted by atomic mass is 10.2. The molecule has 0 saturated heterocycles. The first-order valence-corrected chi connectivity index (χ1v) is 8.58. The van der Waals surface area contributed by atoms with E-state index < -0.39 is 0 Å². The lowest BCUT2D eigenvalue weighted by molar-refractivity contribution is 0.308. The van der Waals surface area contributed by atoms with E-state index in [4.69, 9.17) is 4.98 Å².